The van der Waals surface area contributed by atoms with Crippen molar-refractivity contribution in [3.8, 4) is 5.75 Å². The second kappa shape index (κ2) is 4.88. The van der Waals surface area contributed by atoms with Gasteiger partial charge in [0, 0.05) is 18.7 Å². The Labute approximate surface area is 96.0 Å². The molecular formula is C12H18N2O2. The maximum Gasteiger partial charge on any atom is 0.253 e. The van der Waals surface area contributed by atoms with Crippen LogP contribution in [0.25, 0.3) is 0 Å². The second-order valence-electron chi connectivity index (χ2n) is 3.97. The molecule has 0 spiro atoms. The van der Waals surface area contributed by atoms with Crippen LogP contribution in [0.3, 0.4) is 0 Å². The lowest BCUT2D eigenvalue weighted by molar-refractivity contribution is 0.0755. The SMILES string of the molecule is COc1ccc(C(=O)N(C)C(C)C)cc1N. The van der Waals surface area contributed by atoms with Gasteiger partial charge in [0.25, 0.3) is 5.91 Å². The zero-order valence-electron chi connectivity index (χ0n) is 10.2. The second-order valence-corrected chi connectivity index (χ2v) is 3.97. The molecule has 0 saturated heterocycles. The summed E-state index contributed by atoms with van der Waals surface area (Å²) < 4.78 is 5.04. The molecule has 16 heavy (non-hydrogen) atoms. The van der Waals surface area contributed by atoms with Gasteiger partial charge in [0.05, 0.1) is 12.8 Å². The quantitative estimate of drug-likeness (QED) is 0.793. The number of amides is 1. The lowest BCUT2D eigenvalue weighted by Gasteiger charge is -2.21. The Balaban J connectivity index is 2.97. The highest BCUT2D eigenvalue weighted by Crippen LogP contribution is 2.22. The van der Waals surface area contributed by atoms with Gasteiger partial charge in [0.15, 0.2) is 0 Å². The first kappa shape index (κ1) is 12.4. The summed E-state index contributed by atoms with van der Waals surface area (Å²) in [5.41, 5.74) is 6.81. The molecule has 0 unspecified atom stereocenters. The summed E-state index contributed by atoms with van der Waals surface area (Å²) in [6.45, 7) is 3.93. The molecule has 1 aromatic carbocycles. The number of hydrogen-bond acceptors (Lipinski definition) is 3. The zero-order chi connectivity index (χ0) is 12.3. The van der Waals surface area contributed by atoms with E-state index in [4.69, 9.17) is 10.5 Å². The molecule has 0 atom stereocenters. The van der Waals surface area contributed by atoms with Gasteiger partial charge in [0.1, 0.15) is 5.75 Å². The van der Waals surface area contributed by atoms with E-state index < -0.39 is 0 Å². The van der Waals surface area contributed by atoms with Gasteiger partial charge in [-0.3, -0.25) is 4.79 Å². The van der Waals surface area contributed by atoms with Crippen LogP contribution < -0.4 is 10.5 Å². The summed E-state index contributed by atoms with van der Waals surface area (Å²) in [4.78, 5) is 13.6. The number of anilines is 1. The van der Waals surface area contributed by atoms with Gasteiger partial charge >= 0.3 is 0 Å². The predicted molar refractivity (Wildman–Crippen MR) is 64.6 cm³/mol. The van der Waals surface area contributed by atoms with E-state index in [1.165, 1.54) is 0 Å². The summed E-state index contributed by atoms with van der Waals surface area (Å²) in [6.07, 6.45) is 0. The van der Waals surface area contributed by atoms with Crippen molar-refractivity contribution in [2.24, 2.45) is 0 Å². The lowest BCUT2D eigenvalue weighted by atomic mass is 10.1. The summed E-state index contributed by atoms with van der Waals surface area (Å²) >= 11 is 0. The third-order valence-corrected chi connectivity index (χ3v) is 2.57. The summed E-state index contributed by atoms with van der Waals surface area (Å²) in [5, 5.41) is 0. The van der Waals surface area contributed by atoms with E-state index in [-0.39, 0.29) is 11.9 Å². The fourth-order valence-electron chi connectivity index (χ4n) is 1.31. The monoisotopic (exact) mass is 222 g/mol. The molecule has 0 heterocycles. The highest BCUT2D eigenvalue weighted by molar-refractivity contribution is 5.95. The Morgan fingerprint density at radius 1 is 1.44 bits per heavy atom. The number of carbonyl (C=O) groups excluding carboxylic acids is 1. The Morgan fingerprint density at radius 2 is 2.06 bits per heavy atom. The number of benzene rings is 1. The van der Waals surface area contributed by atoms with Crippen molar-refractivity contribution < 1.29 is 9.53 Å². The minimum Gasteiger partial charge on any atom is -0.495 e. The molecule has 0 aromatic heterocycles. The van der Waals surface area contributed by atoms with Gasteiger partial charge in [-0.05, 0) is 32.0 Å². The third-order valence-electron chi connectivity index (χ3n) is 2.57. The van der Waals surface area contributed by atoms with Crippen molar-refractivity contribution in [2.75, 3.05) is 19.9 Å². The first-order chi connectivity index (χ1) is 7.47. The largest absolute Gasteiger partial charge is 0.495 e. The van der Waals surface area contributed by atoms with Gasteiger partial charge in [-0.25, -0.2) is 0 Å². The molecule has 0 fully saturated rings. The number of rotatable bonds is 3. The smallest absolute Gasteiger partial charge is 0.253 e. The van der Waals surface area contributed by atoms with Crippen molar-refractivity contribution in [2.45, 2.75) is 19.9 Å². The average molecular weight is 222 g/mol. The van der Waals surface area contributed by atoms with Crippen molar-refractivity contribution in [1.82, 2.24) is 4.90 Å². The molecule has 4 nitrogen and oxygen atoms in total. The average Bonchev–Trinajstić information content (AvgIpc) is 2.26. The molecule has 0 radical (unpaired) electrons. The first-order valence-electron chi connectivity index (χ1n) is 5.18. The number of methoxy groups -OCH3 is 1. The van der Waals surface area contributed by atoms with E-state index in [9.17, 15) is 4.79 Å². The minimum absolute atomic E-state index is 0.0376. The van der Waals surface area contributed by atoms with Crippen LogP contribution in [-0.2, 0) is 0 Å². The summed E-state index contributed by atoms with van der Waals surface area (Å²) in [7, 11) is 3.32. The van der Waals surface area contributed by atoms with Gasteiger partial charge in [-0.15, -0.1) is 0 Å². The number of nitrogens with zero attached hydrogens (tertiary/aromatic N) is 1. The van der Waals surface area contributed by atoms with Crippen LogP contribution in [0.5, 0.6) is 5.75 Å². The van der Waals surface area contributed by atoms with Crippen LogP contribution in [-0.4, -0.2) is 31.0 Å². The molecule has 0 aliphatic heterocycles. The van der Waals surface area contributed by atoms with Gasteiger partial charge in [-0.1, -0.05) is 0 Å². The maximum absolute atomic E-state index is 12.0. The van der Waals surface area contributed by atoms with E-state index in [0.717, 1.165) is 0 Å². The molecule has 0 aliphatic rings. The Bertz CT molecular complexity index is 389. The Morgan fingerprint density at radius 3 is 2.50 bits per heavy atom. The molecule has 1 aromatic rings. The zero-order valence-corrected chi connectivity index (χ0v) is 10.2. The number of nitrogens with two attached hydrogens (primary N) is 1. The van der Waals surface area contributed by atoms with Crippen LogP contribution in [0.1, 0.15) is 24.2 Å². The number of carbonyl (C=O) groups is 1. The van der Waals surface area contributed by atoms with Crippen LogP contribution >= 0.6 is 0 Å². The van der Waals surface area contributed by atoms with Crippen LogP contribution in [0, 0.1) is 0 Å². The van der Waals surface area contributed by atoms with Crippen molar-refractivity contribution >= 4 is 11.6 Å². The van der Waals surface area contributed by atoms with Crippen LogP contribution in [0.4, 0.5) is 5.69 Å². The van der Waals surface area contributed by atoms with Crippen molar-refractivity contribution in [3.63, 3.8) is 0 Å². The molecule has 1 rings (SSSR count). The highest BCUT2D eigenvalue weighted by Gasteiger charge is 2.15. The molecule has 2 N–H and O–H groups in total. The molecular weight excluding hydrogens is 204 g/mol. The van der Waals surface area contributed by atoms with Gasteiger partial charge < -0.3 is 15.4 Å². The topological polar surface area (TPSA) is 55.6 Å². The van der Waals surface area contributed by atoms with Crippen LogP contribution in [0.2, 0.25) is 0 Å². The third kappa shape index (κ3) is 2.45. The summed E-state index contributed by atoms with van der Waals surface area (Å²) in [5.74, 6) is 0.549. The molecule has 1 amide bonds. The van der Waals surface area contributed by atoms with E-state index in [1.54, 1.807) is 37.3 Å². The standard InChI is InChI=1S/C12H18N2O2/c1-8(2)14(3)12(15)9-5-6-11(16-4)10(13)7-9/h5-8H,13H2,1-4H3. The molecule has 0 bridgehead atoms. The number of ether oxygens (including phenoxy) is 1. The predicted octanol–water partition coefficient (Wildman–Crippen LogP) is 1.76. The first-order valence-corrected chi connectivity index (χ1v) is 5.18. The molecule has 0 aliphatic carbocycles. The fourth-order valence-corrected chi connectivity index (χ4v) is 1.31. The van der Waals surface area contributed by atoms with E-state index in [0.29, 0.717) is 17.0 Å². The maximum atomic E-state index is 12.0. The minimum atomic E-state index is -0.0376. The number of nitrogen functional groups attached to an aromatic ring is 1. The van der Waals surface area contributed by atoms with Crippen molar-refractivity contribution in [1.29, 1.82) is 0 Å². The van der Waals surface area contributed by atoms with E-state index in [1.807, 2.05) is 13.8 Å². The molecule has 4 heteroatoms. The summed E-state index contributed by atoms with van der Waals surface area (Å²) in [6, 6.07) is 5.23. The molecule has 0 saturated carbocycles. The van der Waals surface area contributed by atoms with E-state index in [2.05, 4.69) is 0 Å². The highest BCUT2D eigenvalue weighted by atomic mass is 16.5. The van der Waals surface area contributed by atoms with Gasteiger partial charge in [0.2, 0.25) is 0 Å². The van der Waals surface area contributed by atoms with E-state index >= 15 is 0 Å². The Hall–Kier alpha value is -1.71. The van der Waals surface area contributed by atoms with Crippen molar-refractivity contribution in [3.05, 3.63) is 23.8 Å². The fraction of sp³-hybridized carbons (Fsp3) is 0.417. The Kier molecular flexibility index (Phi) is 3.77. The van der Waals surface area contributed by atoms with Crippen LogP contribution in [0.15, 0.2) is 18.2 Å². The van der Waals surface area contributed by atoms with Gasteiger partial charge in [-0.2, -0.15) is 0 Å². The normalized spacial score (nSPS) is 10.3. The molecule has 88 valence electrons. The number of hydrogen-bond donors (Lipinski definition) is 1. The lowest BCUT2D eigenvalue weighted by Crippen LogP contribution is -2.32.